The number of hydrogen-bond donors (Lipinski definition) is 0. The third-order valence-electron chi connectivity index (χ3n) is 8.74. The Bertz CT molecular complexity index is 3280. The molecule has 0 radical (unpaired) electrons. The summed E-state index contributed by atoms with van der Waals surface area (Å²) in [5.74, 6) is 0. The predicted molar refractivity (Wildman–Crippen MR) is 210 cm³/mol. The second-order valence-electron chi connectivity index (χ2n) is 11.6. The minimum atomic E-state index is -0.745. The van der Waals surface area contributed by atoms with Gasteiger partial charge in [0.05, 0.1) is 17.8 Å². The number of nitrogens with zero attached hydrogens (tertiary/aromatic N) is 1. The SMILES string of the molecule is [2H]c1c([2H])c([2H])c(-c2c([2H])c([2H])c(N(c3ccc(-c4cccc5ccccc45)cc3)c3ccc4ccc5ccccc5c4c3)c([2H])c2-c2c([2H])c([2H])c([2H])c([2H])c2[2H])c([2H])c1[2H]. The molecule has 49 heavy (non-hydrogen) atoms. The van der Waals surface area contributed by atoms with Crippen LogP contribution >= 0.6 is 0 Å². The summed E-state index contributed by atoms with van der Waals surface area (Å²) in [6, 6.07) is 29.8. The van der Waals surface area contributed by atoms with E-state index < -0.39 is 101 Å². The maximum absolute atomic E-state index is 10.0. The van der Waals surface area contributed by atoms with E-state index in [1.54, 1.807) is 4.90 Å². The fourth-order valence-corrected chi connectivity index (χ4v) is 6.44. The Morgan fingerprint density at radius 3 is 1.65 bits per heavy atom. The predicted octanol–water partition coefficient (Wildman–Crippen LogP) is 13.6. The molecule has 0 heterocycles. The van der Waals surface area contributed by atoms with Crippen molar-refractivity contribution in [2.45, 2.75) is 0 Å². The molecule has 0 N–H and O–H groups in total. The highest BCUT2D eigenvalue weighted by molar-refractivity contribution is 6.09. The van der Waals surface area contributed by atoms with E-state index >= 15 is 0 Å². The van der Waals surface area contributed by atoms with Gasteiger partial charge in [-0.3, -0.25) is 0 Å². The van der Waals surface area contributed by atoms with Gasteiger partial charge in [0.2, 0.25) is 0 Å². The van der Waals surface area contributed by atoms with Crippen molar-refractivity contribution < 1.29 is 17.8 Å². The highest BCUT2D eigenvalue weighted by atomic mass is 15.1. The molecule has 0 aliphatic carbocycles. The maximum atomic E-state index is 10.0. The van der Waals surface area contributed by atoms with Gasteiger partial charge in [-0.05, 0) is 102 Å². The zero-order chi connectivity index (χ0) is 43.9. The third kappa shape index (κ3) is 5.32. The molecule has 0 aliphatic heterocycles. The summed E-state index contributed by atoms with van der Waals surface area (Å²) in [6.07, 6.45) is 0. The molecule has 230 valence electrons. The average molecular weight is 637 g/mol. The zero-order valence-corrected chi connectivity index (χ0v) is 26.0. The van der Waals surface area contributed by atoms with Crippen LogP contribution in [0.25, 0.3) is 65.7 Å². The standard InChI is InChI=1S/C48H33N/c1-3-12-34(13-4-1)46-31-30-42(33-47(46)36-14-5-2-6-15-36)49(41-29-26-39-23-22-37-17-8-10-20-45(37)48(39)32-41)40-27-24-38(25-28-40)44-21-11-18-35-16-7-9-19-43(35)44/h1-33H/i1D,2D,3D,4D,5D,6D,12D,13D,14D,15D,30D,31D,33D. The highest BCUT2D eigenvalue weighted by Crippen LogP contribution is 2.42. The first kappa shape index (κ1) is 18.2. The monoisotopic (exact) mass is 636 g/mol. The van der Waals surface area contributed by atoms with Crippen LogP contribution in [0.15, 0.2) is 200 Å². The van der Waals surface area contributed by atoms with Crippen molar-refractivity contribution in [3.05, 3.63) is 200 Å². The van der Waals surface area contributed by atoms with Gasteiger partial charge in [-0.2, -0.15) is 0 Å². The third-order valence-corrected chi connectivity index (χ3v) is 8.74. The fraction of sp³-hybridized carbons (Fsp3) is 0. The molecule has 0 saturated heterocycles. The first-order valence-corrected chi connectivity index (χ1v) is 15.8. The molecular weight excluding hydrogens is 591 g/mol. The summed E-state index contributed by atoms with van der Waals surface area (Å²) in [7, 11) is 0. The summed E-state index contributed by atoms with van der Waals surface area (Å²) in [4.78, 5) is 1.61. The normalized spacial score (nSPS) is 15.0. The van der Waals surface area contributed by atoms with Crippen LogP contribution in [0, 0.1) is 0 Å². The van der Waals surface area contributed by atoms with Crippen LogP contribution in [0.3, 0.4) is 0 Å². The molecule has 0 fully saturated rings. The van der Waals surface area contributed by atoms with Gasteiger partial charge in [0.15, 0.2) is 0 Å². The summed E-state index contributed by atoms with van der Waals surface area (Å²) in [5, 5.41) is 5.77. The second kappa shape index (κ2) is 12.3. The lowest BCUT2D eigenvalue weighted by molar-refractivity contribution is 1.29. The minimum absolute atomic E-state index is 0.203. The minimum Gasteiger partial charge on any atom is -0.310 e. The summed E-state index contributed by atoms with van der Waals surface area (Å²) < 4.78 is 116. The second-order valence-corrected chi connectivity index (χ2v) is 11.6. The molecule has 9 rings (SSSR count). The Hall–Kier alpha value is -6.44. The Kier molecular flexibility index (Phi) is 4.57. The number of fused-ring (bicyclic) bond motifs is 4. The molecule has 0 aliphatic rings. The van der Waals surface area contributed by atoms with E-state index in [4.69, 9.17) is 13.7 Å². The van der Waals surface area contributed by atoms with Gasteiger partial charge in [0, 0.05) is 17.1 Å². The van der Waals surface area contributed by atoms with Gasteiger partial charge < -0.3 is 4.90 Å². The van der Waals surface area contributed by atoms with E-state index in [-0.39, 0.29) is 5.69 Å². The van der Waals surface area contributed by atoms with E-state index in [0.717, 1.165) is 43.4 Å². The van der Waals surface area contributed by atoms with E-state index in [9.17, 15) is 4.11 Å². The Balaban J connectivity index is 1.40. The van der Waals surface area contributed by atoms with E-state index in [2.05, 4.69) is 0 Å². The quantitative estimate of drug-likeness (QED) is 0.164. The number of benzene rings is 9. The summed E-state index contributed by atoms with van der Waals surface area (Å²) >= 11 is 0. The van der Waals surface area contributed by atoms with Crippen LogP contribution in [-0.4, -0.2) is 0 Å². The topological polar surface area (TPSA) is 3.24 Å². The fourth-order valence-electron chi connectivity index (χ4n) is 6.44. The Labute approximate surface area is 305 Å². The van der Waals surface area contributed by atoms with Gasteiger partial charge in [0.1, 0.15) is 0 Å². The van der Waals surface area contributed by atoms with E-state index in [0.29, 0.717) is 11.4 Å². The van der Waals surface area contributed by atoms with Crippen molar-refractivity contribution in [3.8, 4) is 33.4 Å². The molecule has 0 amide bonds. The van der Waals surface area contributed by atoms with Crippen LogP contribution in [0.4, 0.5) is 17.1 Å². The molecule has 9 aromatic rings. The average Bonchev–Trinajstić information content (AvgIpc) is 3.29. The summed E-state index contributed by atoms with van der Waals surface area (Å²) in [6.45, 7) is 0. The Morgan fingerprint density at radius 2 is 0.918 bits per heavy atom. The largest absolute Gasteiger partial charge is 0.310 e. The van der Waals surface area contributed by atoms with E-state index in [1.165, 1.54) is 0 Å². The lowest BCUT2D eigenvalue weighted by Gasteiger charge is -2.27. The number of anilines is 3. The van der Waals surface area contributed by atoms with Gasteiger partial charge in [0.25, 0.3) is 0 Å². The molecule has 0 atom stereocenters. The smallest absolute Gasteiger partial charge is 0.0652 e. The molecular formula is C48H33N. The van der Waals surface area contributed by atoms with Gasteiger partial charge in [-0.15, -0.1) is 0 Å². The van der Waals surface area contributed by atoms with Crippen molar-refractivity contribution in [2.75, 3.05) is 4.90 Å². The molecule has 0 spiro atoms. The highest BCUT2D eigenvalue weighted by Gasteiger charge is 2.18. The van der Waals surface area contributed by atoms with Gasteiger partial charge in [-0.1, -0.05) is 164 Å². The zero-order valence-electron chi connectivity index (χ0n) is 39.0. The molecule has 9 aromatic carbocycles. The molecule has 0 unspecified atom stereocenters. The van der Waals surface area contributed by atoms with Crippen LogP contribution in [0.1, 0.15) is 17.8 Å². The molecule has 0 aromatic heterocycles. The van der Waals surface area contributed by atoms with Crippen LogP contribution in [0.2, 0.25) is 0 Å². The molecule has 1 nitrogen and oxygen atoms in total. The number of rotatable bonds is 6. The van der Waals surface area contributed by atoms with Gasteiger partial charge in [-0.25, -0.2) is 0 Å². The first-order valence-electron chi connectivity index (χ1n) is 22.3. The van der Waals surface area contributed by atoms with Crippen LogP contribution < -0.4 is 4.90 Å². The first-order chi connectivity index (χ1) is 29.7. The summed E-state index contributed by atoms with van der Waals surface area (Å²) in [5.41, 5.74) is 0.548. The van der Waals surface area contributed by atoms with Gasteiger partial charge >= 0.3 is 0 Å². The lowest BCUT2D eigenvalue weighted by atomic mass is 9.93. The van der Waals surface area contributed by atoms with Crippen LogP contribution in [0.5, 0.6) is 0 Å². The molecule has 0 bridgehead atoms. The van der Waals surface area contributed by atoms with Crippen LogP contribution in [-0.2, 0) is 0 Å². The Morgan fingerprint density at radius 1 is 0.347 bits per heavy atom. The molecule has 0 saturated carbocycles. The number of hydrogen-bond acceptors (Lipinski definition) is 1. The van der Waals surface area contributed by atoms with Crippen molar-refractivity contribution >= 4 is 49.4 Å². The molecule has 1 heteroatoms. The van der Waals surface area contributed by atoms with E-state index in [1.807, 2.05) is 121 Å². The van der Waals surface area contributed by atoms with Crippen molar-refractivity contribution in [1.82, 2.24) is 0 Å². The van der Waals surface area contributed by atoms with Crippen molar-refractivity contribution in [1.29, 1.82) is 0 Å². The lowest BCUT2D eigenvalue weighted by Crippen LogP contribution is -2.10. The maximum Gasteiger partial charge on any atom is 0.0652 e. The van der Waals surface area contributed by atoms with Crippen molar-refractivity contribution in [2.24, 2.45) is 0 Å². The van der Waals surface area contributed by atoms with Crippen molar-refractivity contribution in [3.63, 3.8) is 0 Å².